The SMILES string of the molecule is COC1=C(CCCCCCCCCC[P+](c2ccccc2)(c2ccccc2)c2ccccc2)C(=O)c2ccccc2C1=O.[Br-]. The van der Waals surface area contributed by atoms with Crippen molar-refractivity contribution in [1.29, 1.82) is 0 Å². The van der Waals surface area contributed by atoms with Gasteiger partial charge in [0.05, 0.1) is 13.3 Å². The fourth-order valence-corrected chi connectivity index (χ4v) is 10.9. The molecular formula is C39H42BrO3P. The highest BCUT2D eigenvalue weighted by Gasteiger charge is 2.44. The molecule has 4 aromatic rings. The molecule has 5 rings (SSSR count). The summed E-state index contributed by atoms with van der Waals surface area (Å²) < 4.78 is 5.40. The Labute approximate surface area is 273 Å². The molecule has 0 atom stereocenters. The summed E-state index contributed by atoms with van der Waals surface area (Å²) in [5.74, 6) is -0.0115. The van der Waals surface area contributed by atoms with Crippen LogP contribution >= 0.6 is 7.26 Å². The molecule has 0 heterocycles. The van der Waals surface area contributed by atoms with Crippen LogP contribution in [0, 0.1) is 0 Å². The van der Waals surface area contributed by atoms with Gasteiger partial charge in [0.1, 0.15) is 23.2 Å². The summed E-state index contributed by atoms with van der Waals surface area (Å²) in [7, 11) is -0.255. The molecule has 1 aliphatic rings. The minimum atomic E-state index is -1.74. The molecule has 0 spiro atoms. The van der Waals surface area contributed by atoms with Crippen molar-refractivity contribution >= 4 is 34.7 Å². The average molecular weight is 670 g/mol. The third-order valence-corrected chi connectivity index (χ3v) is 13.2. The summed E-state index contributed by atoms with van der Waals surface area (Å²) in [4.78, 5) is 25.9. The minimum absolute atomic E-state index is 0. The molecule has 0 N–H and O–H groups in total. The standard InChI is InChI=1S/C39H42O3P.BrH/c1-42-39-36(37(40)34-27-18-19-28-35(34)38(39)41)29-17-6-4-2-3-5-7-20-30-43(31-21-11-8-12-22-31,32-23-13-9-14-24-32)33-25-15-10-16-26-33;/h8-16,18-19,21-28H,2-7,17,20,29-30H2,1H3;1H/q+1;/p-1. The highest BCUT2D eigenvalue weighted by Crippen LogP contribution is 2.56. The van der Waals surface area contributed by atoms with Crippen LogP contribution in [0.2, 0.25) is 0 Å². The van der Waals surface area contributed by atoms with Crippen molar-refractivity contribution in [3.8, 4) is 0 Å². The molecule has 0 fully saturated rings. The van der Waals surface area contributed by atoms with Crippen LogP contribution in [0.4, 0.5) is 0 Å². The van der Waals surface area contributed by atoms with Gasteiger partial charge in [0.2, 0.25) is 5.78 Å². The van der Waals surface area contributed by atoms with E-state index < -0.39 is 7.26 Å². The van der Waals surface area contributed by atoms with E-state index in [1.165, 1.54) is 61.3 Å². The van der Waals surface area contributed by atoms with Gasteiger partial charge in [-0.05, 0) is 62.1 Å². The number of benzene rings is 4. The van der Waals surface area contributed by atoms with Crippen LogP contribution in [0.5, 0.6) is 0 Å². The molecule has 0 aromatic heterocycles. The monoisotopic (exact) mass is 668 g/mol. The minimum Gasteiger partial charge on any atom is -1.00 e. The van der Waals surface area contributed by atoms with Crippen molar-refractivity contribution in [2.75, 3.05) is 13.3 Å². The van der Waals surface area contributed by atoms with E-state index in [4.69, 9.17) is 4.74 Å². The number of carbonyl (C=O) groups is 2. The van der Waals surface area contributed by atoms with Gasteiger partial charge < -0.3 is 21.7 Å². The highest BCUT2D eigenvalue weighted by molar-refractivity contribution is 7.95. The number of Topliss-reactive ketones (excluding diaryl/α,β-unsaturated/α-hetero) is 2. The first-order valence-corrected chi connectivity index (χ1v) is 17.6. The molecule has 228 valence electrons. The van der Waals surface area contributed by atoms with Crippen LogP contribution < -0.4 is 32.9 Å². The van der Waals surface area contributed by atoms with Gasteiger partial charge in [-0.3, -0.25) is 9.59 Å². The molecule has 0 saturated carbocycles. The molecule has 0 amide bonds. The van der Waals surface area contributed by atoms with Gasteiger partial charge in [0, 0.05) is 16.7 Å². The number of unbranched alkanes of at least 4 members (excludes halogenated alkanes) is 7. The van der Waals surface area contributed by atoms with E-state index in [9.17, 15) is 9.59 Å². The molecule has 5 heteroatoms. The second-order valence-corrected chi connectivity index (χ2v) is 14.9. The van der Waals surface area contributed by atoms with Crippen molar-refractivity contribution in [2.24, 2.45) is 0 Å². The van der Waals surface area contributed by atoms with Crippen LogP contribution in [0.3, 0.4) is 0 Å². The van der Waals surface area contributed by atoms with Crippen LogP contribution in [-0.2, 0) is 4.74 Å². The number of methoxy groups -OCH3 is 1. The number of halogens is 1. The molecule has 4 aromatic carbocycles. The lowest BCUT2D eigenvalue weighted by atomic mass is 9.86. The van der Waals surface area contributed by atoms with Gasteiger partial charge >= 0.3 is 0 Å². The number of hydrogen-bond acceptors (Lipinski definition) is 3. The topological polar surface area (TPSA) is 43.4 Å². The Kier molecular flexibility index (Phi) is 12.7. The molecule has 0 bridgehead atoms. The van der Waals surface area contributed by atoms with Gasteiger partial charge in [0.25, 0.3) is 0 Å². The number of allylic oxidation sites excluding steroid dienone is 2. The largest absolute Gasteiger partial charge is 1.00 e. The number of rotatable bonds is 15. The Hall–Kier alpha value is -3.33. The fraction of sp³-hybridized carbons (Fsp3) is 0.282. The van der Waals surface area contributed by atoms with E-state index >= 15 is 0 Å². The molecular weight excluding hydrogens is 627 g/mol. The molecule has 0 saturated heterocycles. The normalized spacial score (nSPS) is 12.9. The Morgan fingerprint density at radius 2 is 0.886 bits per heavy atom. The zero-order valence-corrected chi connectivity index (χ0v) is 28.1. The van der Waals surface area contributed by atoms with Gasteiger partial charge in [-0.15, -0.1) is 0 Å². The fourth-order valence-electron chi connectivity index (χ4n) is 6.44. The number of ether oxygens (including phenoxy) is 1. The summed E-state index contributed by atoms with van der Waals surface area (Å²) in [5.41, 5.74) is 1.48. The van der Waals surface area contributed by atoms with Crippen molar-refractivity contribution in [3.05, 3.63) is 138 Å². The second kappa shape index (κ2) is 16.7. The van der Waals surface area contributed by atoms with E-state index in [0.717, 1.165) is 19.3 Å². The lowest BCUT2D eigenvalue weighted by Crippen LogP contribution is -3.00. The van der Waals surface area contributed by atoms with Gasteiger partial charge in [0.15, 0.2) is 11.5 Å². The van der Waals surface area contributed by atoms with Crippen molar-refractivity contribution < 1.29 is 31.3 Å². The summed E-state index contributed by atoms with van der Waals surface area (Å²) in [5, 5.41) is 4.38. The lowest BCUT2D eigenvalue weighted by Gasteiger charge is -2.27. The number of fused-ring (bicyclic) bond motifs is 1. The molecule has 0 unspecified atom stereocenters. The first kappa shape index (κ1) is 33.6. The zero-order valence-electron chi connectivity index (χ0n) is 25.6. The van der Waals surface area contributed by atoms with Crippen molar-refractivity contribution in [1.82, 2.24) is 0 Å². The maximum atomic E-state index is 13.1. The van der Waals surface area contributed by atoms with E-state index in [-0.39, 0.29) is 34.3 Å². The summed E-state index contributed by atoms with van der Waals surface area (Å²) in [6.07, 6.45) is 10.9. The van der Waals surface area contributed by atoms with E-state index in [1.54, 1.807) is 18.2 Å². The van der Waals surface area contributed by atoms with Crippen LogP contribution in [-0.4, -0.2) is 24.8 Å². The predicted octanol–water partition coefficient (Wildman–Crippen LogP) is 5.48. The summed E-state index contributed by atoms with van der Waals surface area (Å²) in [6.45, 7) is 0. The van der Waals surface area contributed by atoms with E-state index in [2.05, 4.69) is 91.0 Å². The Morgan fingerprint density at radius 1 is 0.500 bits per heavy atom. The van der Waals surface area contributed by atoms with Crippen molar-refractivity contribution in [3.63, 3.8) is 0 Å². The molecule has 44 heavy (non-hydrogen) atoms. The van der Waals surface area contributed by atoms with E-state index in [0.29, 0.717) is 23.1 Å². The maximum absolute atomic E-state index is 13.1. The second-order valence-electron chi connectivity index (χ2n) is 11.3. The number of ketones is 2. The smallest absolute Gasteiger partial charge is 0.228 e. The molecule has 0 aliphatic heterocycles. The van der Waals surface area contributed by atoms with Crippen LogP contribution in [0.15, 0.2) is 127 Å². The Bertz CT molecular complexity index is 1440. The van der Waals surface area contributed by atoms with Crippen molar-refractivity contribution in [2.45, 2.75) is 57.8 Å². The summed E-state index contributed by atoms with van der Waals surface area (Å²) >= 11 is 0. The average Bonchev–Trinajstić information content (AvgIpc) is 3.07. The zero-order chi connectivity index (χ0) is 29.9. The predicted molar refractivity (Wildman–Crippen MR) is 181 cm³/mol. The summed E-state index contributed by atoms with van der Waals surface area (Å²) in [6, 6.07) is 40.5. The third-order valence-electron chi connectivity index (χ3n) is 8.64. The highest BCUT2D eigenvalue weighted by atomic mass is 79.9. The Morgan fingerprint density at radius 3 is 1.34 bits per heavy atom. The van der Waals surface area contributed by atoms with Crippen LogP contribution in [0.1, 0.15) is 78.5 Å². The first-order valence-electron chi connectivity index (χ1n) is 15.7. The van der Waals surface area contributed by atoms with Gasteiger partial charge in [-0.1, -0.05) is 111 Å². The Balaban J connectivity index is 0.00000442. The van der Waals surface area contributed by atoms with Gasteiger partial charge in [-0.25, -0.2) is 0 Å². The lowest BCUT2D eigenvalue weighted by molar-refractivity contribution is -0.0000224. The maximum Gasteiger partial charge on any atom is 0.228 e. The molecule has 1 aliphatic carbocycles. The molecule has 0 radical (unpaired) electrons. The van der Waals surface area contributed by atoms with Gasteiger partial charge in [-0.2, -0.15) is 0 Å². The molecule has 3 nitrogen and oxygen atoms in total. The first-order chi connectivity index (χ1) is 21.2. The third kappa shape index (κ3) is 7.48. The quantitative estimate of drug-likeness (QED) is 0.125. The van der Waals surface area contributed by atoms with Crippen LogP contribution in [0.25, 0.3) is 0 Å². The number of hydrogen-bond donors (Lipinski definition) is 0. The number of carbonyl (C=O) groups excluding carboxylic acids is 2. The van der Waals surface area contributed by atoms with E-state index in [1.807, 2.05) is 6.07 Å².